The van der Waals surface area contributed by atoms with E-state index >= 15 is 0 Å². The Morgan fingerprint density at radius 3 is 2.61 bits per heavy atom. The number of halogens is 1. The second kappa shape index (κ2) is 4.80. The first kappa shape index (κ1) is 12.6. The molecule has 3 nitrogen and oxygen atoms in total. The minimum absolute atomic E-state index is 0.267. The summed E-state index contributed by atoms with van der Waals surface area (Å²) in [5.41, 5.74) is 8.45. The van der Waals surface area contributed by atoms with Crippen molar-refractivity contribution in [2.24, 2.45) is 5.92 Å². The molecule has 3 N–H and O–H groups in total. The van der Waals surface area contributed by atoms with Crippen molar-refractivity contribution in [3.05, 3.63) is 35.8 Å². The van der Waals surface area contributed by atoms with Gasteiger partial charge in [0, 0.05) is 17.2 Å². The van der Waals surface area contributed by atoms with E-state index in [4.69, 9.17) is 5.73 Å². The van der Waals surface area contributed by atoms with Crippen molar-refractivity contribution < 1.29 is 4.39 Å². The van der Waals surface area contributed by atoms with E-state index in [-0.39, 0.29) is 11.7 Å². The maximum absolute atomic E-state index is 13.3. The lowest BCUT2D eigenvalue weighted by Crippen LogP contribution is -2.04. The fourth-order valence-electron chi connectivity index (χ4n) is 1.98. The molecule has 0 amide bonds. The quantitative estimate of drug-likeness (QED) is 0.871. The zero-order valence-electron chi connectivity index (χ0n) is 10.9. The molecule has 1 unspecified atom stereocenters. The molecule has 0 aliphatic carbocycles. The number of benzene rings is 1. The monoisotopic (exact) mass is 247 g/mol. The number of aromatic nitrogens is 2. The van der Waals surface area contributed by atoms with Crippen molar-refractivity contribution in [1.29, 1.82) is 0 Å². The molecular formula is C14H18FN3. The number of rotatable bonds is 3. The number of anilines is 1. The van der Waals surface area contributed by atoms with Crippen LogP contribution in [-0.4, -0.2) is 10.2 Å². The molecular weight excluding hydrogens is 229 g/mol. The van der Waals surface area contributed by atoms with E-state index in [1.807, 2.05) is 6.07 Å². The molecule has 0 aliphatic rings. The minimum atomic E-state index is -0.267. The summed E-state index contributed by atoms with van der Waals surface area (Å²) in [7, 11) is 0. The first-order valence-corrected chi connectivity index (χ1v) is 6.10. The third-order valence-electron chi connectivity index (χ3n) is 3.39. The van der Waals surface area contributed by atoms with Crippen LogP contribution in [0.15, 0.2) is 24.3 Å². The fraction of sp³-hybridized carbons (Fsp3) is 0.357. The summed E-state index contributed by atoms with van der Waals surface area (Å²) in [6, 6.07) is 6.44. The lowest BCUT2D eigenvalue weighted by molar-refractivity contribution is 0.523. The summed E-state index contributed by atoms with van der Waals surface area (Å²) in [6.45, 7) is 6.38. The first-order valence-electron chi connectivity index (χ1n) is 6.10. The summed E-state index contributed by atoms with van der Waals surface area (Å²) in [4.78, 5) is 0. The van der Waals surface area contributed by atoms with Crippen molar-refractivity contribution in [3.8, 4) is 11.1 Å². The second-order valence-electron chi connectivity index (χ2n) is 4.94. The van der Waals surface area contributed by atoms with Gasteiger partial charge < -0.3 is 5.73 Å². The van der Waals surface area contributed by atoms with Gasteiger partial charge in [-0.1, -0.05) is 32.9 Å². The Kier molecular flexibility index (Phi) is 3.36. The predicted molar refractivity (Wildman–Crippen MR) is 71.6 cm³/mol. The predicted octanol–water partition coefficient (Wildman–Crippen LogP) is 3.56. The summed E-state index contributed by atoms with van der Waals surface area (Å²) >= 11 is 0. The summed E-state index contributed by atoms with van der Waals surface area (Å²) in [6.07, 6.45) is 0. The Hall–Kier alpha value is -1.84. The number of H-pyrrole nitrogens is 1. The first-order chi connectivity index (χ1) is 8.50. The standard InChI is InChI=1S/C14H18FN3/c1-8(2)9(3)13-12(14(16)18-17-13)10-5-4-6-11(15)7-10/h4-9H,1-3H3,(H3,16,17,18). The van der Waals surface area contributed by atoms with E-state index < -0.39 is 0 Å². The Labute approximate surface area is 106 Å². The molecule has 1 atom stereocenters. The maximum atomic E-state index is 13.3. The Balaban J connectivity index is 2.53. The van der Waals surface area contributed by atoms with E-state index in [0.29, 0.717) is 11.7 Å². The Bertz CT molecular complexity index is 546. The molecule has 2 rings (SSSR count). The highest BCUT2D eigenvalue weighted by Crippen LogP contribution is 2.35. The van der Waals surface area contributed by atoms with Crippen molar-refractivity contribution in [1.82, 2.24) is 10.2 Å². The second-order valence-corrected chi connectivity index (χ2v) is 4.94. The van der Waals surface area contributed by atoms with Gasteiger partial charge in [0.05, 0.1) is 0 Å². The highest BCUT2D eigenvalue weighted by atomic mass is 19.1. The van der Waals surface area contributed by atoms with Crippen LogP contribution in [0.3, 0.4) is 0 Å². The topological polar surface area (TPSA) is 54.7 Å². The van der Waals surface area contributed by atoms with E-state index in [2.05, 4.69) is 31.0 Å². The Morgan fingerprint density at radius 1 is 1.28 bits per heavy atom. The van der Waals surface area contributed by atoms with Gasteiger partial charge in [-0.15, -0.1) is 0 Å². The molecule has 2 aromatic rings. The number of hydrogen-bond donors (Lipinski definition) is 2. The number of nitrogens with zero attached hydrogens (tertiary/aromatic N) is 1. The average molecular weight is 247 g/mol. The number of nitrogens with one attached hydrogen (secondary N) is 1. The van der Waals surface area contributed by atoms with Gasteiger partial charge >= 0.3 is 0 Å². The van der Waals surface area contributed by atoms with Gasteiger partial charge in [0.15, 0.2) is 5.82 Å². The Morgan fingerprint density at radius 2 is 2.00 bits per heavy atom. The summed E-state index contributed by atoms with van der Waals surface area (Å²) < 4.78 is 13.3. The molecule has 0 aliphatic heterocycles. The van der Waals surface area contributed by atoms with E-state index in [0.717, 1.165) is 16.8 Å². The maximum Gasteiger partial charge on any atom is 0.153 e. The van der Waals surface area contributed by atoms with Crippen LogP contribution in [0.1, 0.15) is 32.4 Å². The molecule has 1 aromatic carbocycles. The molecule has 0 saturated heterocycles. The van der Waals surface area contributed by atoms with Crippen LogP contribution in [0.2, 0.25) is 0 Å². The smallest absolute Gasteiger partial charge is 0.153 e. The van der Waals surface area contributed by atoms with Gasteiger partial charge in [-0.25, -0.2) is 4.39 Å². The van der Waals surface area contributed by atoms with Gasteiger partial charge in [-0.05, 0) is 23.6 Å². The molecule has 0 saturated carbocycles. The van der Waals surface area contributed by atoms with Crippen molar-refractivity contribution in [2.45, 2.75) is 26.7 Å². The highest BCUT2D eigenvalue weighted by molar-refractivity contribution is 5.76. The van der Waals surface area contributed by atoms with Crippen LogP contribution < -0.4 is 5.73 Å². The summed E-state index contributed by atoms with van der Waals surface area (Å²) in [5.74, 6) is 0.893. The van der Waals surface area contributed by atoms with E-state index in [1.54, 1.807) is 6.07 Å². The van der Waals surface area contributed by atoms with Crippen LogP contribution in [0, 0.1) is 11.7 Å². The lowest BCUT2D eigenvalue weighted by Gasteiger charge is -2.16. The minimum Gasteiger partial charge on any atom is -0.382 e. The molecule has 4 heteroatoms. The van der Waals surface area contributed by atoms with E-state index in [9.17, 15) is 4.39 Å². The molecule has 96 valence electrons. The van der Waals surface area contributed by atoms with Crippen molar-refractivity contribution in [3.63, 3.8) is 0 Å². The average Bonchev–Trinajstić information content (AvgIpc) is 2.70. The van der Waals surface area contributed by atoms with Crippen LogP contribution >= 0.6 is 0 Å². The number of aromatic amines is 1. The summed E-state index contributed by atoms with van der Waals surface area (Å²) in [5, 5.41) is 7.03. The lowest BCUT2D eigenvalue weighted by atomic mass is 9.90. The van der Waals surface area contributed by atoms with Gasteiger partial charge in [-0.3, -0.25) is 5.10 Å². The zero-order valence-corrected chi connectivity index (χ0v) is 10.9. The van der Waals surface area contributed by atoms with E-state index in [1.165, 1.54) is 12.1 Å². The molecule has 0 spiro atoms. The number of hydrogen-bond acceptors (Lipinski definition) is 2. The van der Waals surface area contributed by atoms with Gasteiger partial charge in [0.1, 0.15) is 5.82 Å². The third kappa shape index (κ3) is 2.23. The van der Waals surface area contributed by atoms with Gasteiger partial charge in [0.25, 0.3) is 0 Å². The van der Waals surface area contributed by atoms with Crippen molar-refractivity contribution in [2.75, 3.05) is 5.73 Å². The van der Waals surface area contributed by atoms with Crippen LogP contribution in [0.4, 0.5) is 10.2 Å². The molecule has 0 fully saturated rings. The largest absolute Gasteiger partial charge is 0.382 e. The van der Waals surface area contributed by atoms with Crippen LogP contribution in [-0.2, 0) is 0 Å². The third-order valence-corrected chi connectivity index (χ3v) is 3.39. The van der Waals surface area contributed by atoms with Crippen LogP contribution in [0.25, 0.3) is 11.1 Å². The molecule has 0 bridgehead atoms. The van der Waals surface area contributed by atoms with Gasteiger partial charge in [0.2, 0.25) is 0 Å². The zero-order chi connectivity index (χ0) is 13.3. The van der Waals surface area contributed by atoms with Crippen LogP contribution in [0.5, 0.6) is 0 Å². The molecule has 18 heavy (non-hydrogen) atoms. The fourth-order valence-corrected chi connectivity index (χ4v) is 1.98. The molecule has 0 radical (unpaired) electrons. The number of nitrogens with two attached hydrogens (primary N) is 1. The molecule has 1 heterocycles. The highest BCUT2D eigenvalue weighted by Gasteiger charge is 2.20. The van der Waals surface area contributed by atoms with Gasteiger partial charge in [-0.2, -0.15) is 5.10 Å². The number of nitrogen functional groups attached to an aromatic ring is 1. The van der Waals surface area contributed by atoms with Crippen molar-refractivity contribution >= 4 is 5.82 Å². The normalized spacial score (nSPS) is 12.9. The molecule has 1 aromatic heterocycles. The SMILES string of the molecule is CC(C)C(C)c1[nH]nc(N)c1-c1cccc(F)c1.